The molecule has 1 N–H and O–H groups in total. The summed E-state index contributed by atoms with van der Waals surface area (Å²) >= 11 is 0.960. The van der Waals surface area contributed by atoms with E-state index in [1.54, 1.807) is 18.2 Å². The van der Waals surface area contributed by atoms with Gasteiger partial charge in [-0.1, -0.05) is 12.1 Å². The monoisotopic (exact) mass is 420 g/mol. The molecule has 0 unspecified atom stereocenters. The Kier molecular flexibility index (Phi) is 5.09. The van der Waals surface area contributed by atoms with Crippen LogP contribution in [-0.2, 0) is 14.8 Å². The highest BCUT2D eigenvalue weighted by Gasteiger charge is 2.34. The number of nitrogens with one attached hydrogen (secondary N) is 1. The van der Waals surface area contributed by atoms with E-state index in [1.807, 2.05) is 0 Å². The Labute approximate surface area is 165 Å². The number of halogens is 1. The number of nitrogens with zero attached hydrogens (tertiary/aromatic N) is 3. The molecule has 10 heteroatoms. The van der Waals surface area contributed by atoms with Crippen LogP contribution in [0.4, 0.5) is 10.1 Å². The van der Waals surface area contributed by atoms with Crippen LogP contribution in [0.2, 0.25) is 0 Å². The summed E-state index contributed by atoms with van der Waals surface area (Å²) < 4.78 is 49.1. The Bertz CT molecular complexity index is 1130. The molecule has 1 atom stereocenters. The van der Waals surface area contributed by atoms with Crippen molar-refractivity contribution < 1.29 is 17.6 Å². The standard InChI is InChI=1S/C18H17FN4O3S2/c19-13-5-1-6-14(10-13)20-18(24)12-4-3-9-23(11-12)28(25,26)16-8-2-7-15-17(16)22-27-21-15/h1-2,5-8,10,12H,3-4,9,11H2,(H,20,24)/t12-/m0/s1. The average molecular weight is 420 g/mol. The van der Waals surface area contributed by atoms with Crippen molar-refractivity contribution in [3.63, 3.8) is 0 Å². The number of carbonyl (C=O) groups is 1. The summed E-state index contributed by atoms with van der Waals surface area (Å²) in [5.74, 6) is -1.28. The van der Waals surface area contributed by atoms with Gasteiger partial charge in [-0.05, 0) is 43.2 Å². The summed E-state index contributed by atoms with van der Waals surface area (Å²) in [6.07, 6.45) is 1.13. The van der Waals surface area contributed by atoms with E-state index >= 15 is 0 Å². The minimum absolute atomic E-state index is 0.0669. The minimum atomic E-state index is -3.81. The van der Waals surface area contributed by atoms with E-state index in [1.165, 1.54) is 28.6 Å². The molecular formula is C18H17FN4O3S2. The summed E-state index contributed by atoms with van der Waals surface area (Å²) in [5.41, 5.74) is 1.23. The maximum Gasteiger partial charge on any atom is 0.245 e. The first-order chi connectivity index (χ1) is 13.4. The van der Waals surface area contributed by atoms with E-state index in [0.717, 1.165) is 11.7 Å². The number of anilines is 1. The van der Waals surface area contributed by atoms with Crippen LogP contribution in [0.3, 0.4) is 0 Å². The van der Waals surface area contributed by atoms with Crippen molar-refractivity contribution >= 4 is 44.4 Å². The molecule has 146 valence electrons. The van der Waals surface area contributed by atoms with Gasteiger partial charge < -0.3 is 5.32 Å². The molecule has 7 nitrogen and oxygen atoms in total. The van der Waals surface area contributed by atoms with Crippen LogP contribution < -0.4 is 5.32 Å². The Balaban J connectivity index is 1.54. The van der Waals surface area contributed by atoms with E-state index < -0.39 is 21.8 Å². The molecular weight excluding hydrogens is 403 g/mol. The molecule has 0 spiro atoms. The molecule has 0 bridgehead atoms. The topological polar surface area (TPSA) is 92.3 Å². The van der Waals surface area contributed by atoms with Crippen LogP contribution in [0.15, 0.2) is 47.4 Å². The minimum Gasteiger partial charge on any atom is -0.326 e. The van der Waals surface area contributed by atoms with Gasteiger partial charge in [0.05, 0.1) is 17.6 Å². The van der Waals surface area contributed by atoms with E-state index in [2.05, 4.69) is 14.1 Å². The number of rotatable bonds is 4. The van der Waals surface area contributed by atoms with Crippen LogP contribution in [0, 0.1) is 11.7 Å². The van der Waals surface area contributed by atoms with Crippen molar-refractivity contribution in [2.45, 2.75) is 17.7 Å². The molecule has 0 radical (unpaired) electrons. The first kappa shape index (κ1) is 18.9. The second-order valence-electron chi connectivity index (χ2n) is 6.59. The zero-order valence-electron chi connectivity index (χ0n) is 14.7. The van der Waals surface area contributed by atoms with Crippen LogP contribution in [0.5, 0.6) is 0 Å². The van der Waals surface area contributed by atoms with Crippen molar-refractivity contribution in [2.75, 3.05) is 18.4 Å². The van der Waals surface area contributed by atoms with Crippen LogP contribution in [0.25, 0.3) is 11.0 Å². The molecule has 3 aromatic rings. The van der Waals surface area contributed by atoms with Gasteiger partial charge in [0.1, 0.15) is 21.7 Å². The summed E-state index contributed by atoms with van der Waals surface area (Å²) in [5, 5.41) is 2.67. The molecule has 0 aliphatic carbocycles. The number of amides is 1. The third kappa shape index (κ3) is 3.62. The highest BCUT2D eigenvalue weighted by atomic mass is 32.2. The van der Waals surface area contributed by atoms with Gasteiger partial charge in [0.15, 0.2) is 0 Å². The molecule has 1 aliphatic rings. The number of hydrogen-bond acceptors (Lipinski definition) is 6. The summed E-state index contributed by atoms with van der Waals surface area (Å²) in [6.45, 7) is 0.400. The third-order valence-electron chi connectivity index (χ3n) is 4.71. The summed E-state index contributed by atoms with van der Waals surface area (Å²) in [4.78, 5) is 12.7. The van der Waals surface area contributed by atoms with Gasteiger partial charge in [-0.15, -0.1) is 0 Å². The summed E-state index contributed by atoms with van der Waals surface area (Å²) in [7, 11) is -3.81. The molecule has 1 amide bonds. The quantitative estimate of drug-likeness (QED) is 0.701. The molecule has 1 aliphatic heterocycles. The van der Waals surface area contributed by atoms with E-state index in [-0.39, 0.29) is 17.3 Å². The van der Waals surface area contributed by atoms with Gasteiger partial charge in [-0.2, -0.15) is 13.1 Å². The lowest BCUT2D eigenvalue weighted by Crippen LogP contribution is -2.43. The van der Waals surface area contributed by atoms with Crippen molar-refractivity contribution in [2.24, 2.45) is 5.92 Å². The SMILES string of the molecule is O=C(Nc1cccc(F)c1)[C@H]1CCCN(S(=O)(=O)c2cccc3nsnc23)C1. The van der Waals surface area contributed by atoms with Crippen LogP contribution in [0.1, 0.15) is 12.8 Å². The lowest BCUT2D eigenvalue weighted by molar-refractivity contribution is -0.120. The predicted octanol–water partition coefficient (Wildman–Crippen LogP) is 2.87. The number of carbonyl (C=O) groups excluding carboxylic acids is 1. The first-order valence-electron chi connectivity index (χ1n) is 8.73. The van der Waals surface area contributed by atoms with Gasteiger partial charge in [0, 0.05) is 18.8 Å². The molecule has 28 heavy (non-hydrogen) atoms. The smallest absolute Gasteiger partial charge is 0.245 e. The van der Waals surface area contributed by atoms with Gasteiger partial charge >= 0.3 is 0 Å². The fourth-order valence-corrected chi connectivity index (χ4v) is 5.59. The highest BCUT2D eigenvalue weighted by Crippen LogP contribution is 2.28. The van der Waals surface area contributed by atoms with Gasteiger partial charge in [-0.25, -0.2) is 12.8 Å². The fraction of sp³-hybridized carbons (Fsp3) is 0.278. The molecule has 0 saturated carbocycles. The lowest BCUT2D eigenvalue weighted by atomic mass is 9.99. The third-order valence-corrected chi connectivity index (χ3v) is 7.15. The van der Waals surface area contributed by atoms with Crippen LogP contribution in [-0.4, -0.2) is 40.5 Å². The van der Waals surface area contributed by atoms with Crippen molar-refractivity contribution in [1.82, 2.24) is 13.1 Å². The first-order valence-corrected chi connectivity index (χ1v) is 10.9. The number of sulfonamides is 1. The zero-order valence-corrected chi connectivity index (χ0v) is 16.3. The number of aromatic nitrogens is 2. The van der Waals surface area contributed by atoms with Crippen LogP contribution >= 0.6 is 11.7 Å². The number of fused-ring (bicyclic) bond motifs is 1. The Morgan fingerprint density at radius 1 is 1.21 bits per heavy atom. The predicted molar refractivity (Wildman–Crippen MR) is 104 cm³/mol. The highest BCUT2D eigenvalue weighted by molar-refractivity contribution is 7.89. The van der Waals surface area contributed by atoms with Gasteiger partial charge in [-0.3, -0.25) is 4.79 Å². The zero-order chi connectivity index (χ0) is 19.7. The molecule has 1 aromatic heterocycles. The maximum atomic E-state index is 13.3. The van der Waals surface area contributed by atoms with Crippen molar-refractivity contribution in [1.29, 1.82) is 0 Å². The second kappa shape index (κ2) is 7.53. The number of benzene rings is 2. The van der Waals surface area contributed by atoms with E-state index in [4.69, 9.17) is 0 Å². The van der Waals surface area contributed by atoms with E-state index in [0.29, 0.717) is 36.1 Å². The maximum absolute atomic E-state index is 13.3. The summed E-state index contributed by atoms with van der Waals surface area (Å²) in [6, 6.07) is 10.5. The number of piperidine rings is 1. The second-order valence-corrected chi connectivity index (χ2v) is 9.02. The normalized spacial score (nSPS) is 18.2. The molecule has 1 saturated heterocycles. The largest absolute Gasteiger partial charge is 0.326 e. The number of hydrogen-bond donors (Lipinski definition) is 1. The molecule has 2 aromatic carbocycles. The van der Waals surface area contributed by atoms with Gasteiger partial charge in [0.2, 0.25) is 15.9 Å². The fourth-order valence-electron chi connectivity index (χ4n) is 3.31. The molecule has 2 heterocycles. The van der Waals surface area contributed by atoms with Crippen molar-refractivity contribution in [3.05, 3.63) is 48.3 Å². The Hall–Kier alpha value is -2.43. The Morgan fingerprint density at radius 3 is 2.86 bits per heavy atom. The molecule has 4 rings (SSSR count). The average Bonchev–Trinajstić information content (AvgIpc) is 3.17. The van der Waals surface area contributed by atoms with E-state index in [9.17, 15) is 17.6 Å². The Morgan fingerprint density at radius 2 is 2.04 bits per heavy atom. The lowest BCUT2D eigenvalue weighted by Gasteiger charge is -2.31. The van der Waals surface area contributed by atoms with Crippen molar-refractivity contribution in [3.8, 4) is 0 Å². The molecule has 1 fully saturated rings. The van der Waals surface area contributed by atoms with Gasteiger partial charge in [0.25, 0.3) is 0 Å².